The van der Waals surface area contributed by atoms with Crippen molar-refractivity contribution in [2.45, 2.75) is 30.2 Å². The maximum absolute atomic E-state index is 11.2. The summed E-state index contributed by atoms with van der Waals surface area (Å²) in [4.78, 5) is 15.3. The molecule has 5 nitrogen and oxygen atoms in total. The van der Waals surface area contributed by atoms with E-state index in [4.69, 9.17) is 10.2 Å². The number of hydrogen-bond donors (Lipinski definition) is 1. The minimum atomic E-state index is -0.459. The van der Waals surface area contributed by atoms with Crippen LogP contribution in [0.2, 0.25) is 0 Å². The van der Waals surface area contributed by atoms with Gasteiger partial charge in [0.05, 0.1) is 12.5 Å². The second-order valence-electron chi connectivity index (χ2n) is 4.70. The van der Waals surface area contributed by atoms with Gasteiger partial charge >= 0.3 is 5.97 Å². The van der Waals surface area contributed by atoms with Gasteiger partial charge in [-0.2, -0.15) is 0 Å². The number of methoxy groups -OCH3 is 1. The third-order valence-electron chi connectivity index (χ3n) is 3.42. The van der Waals surface area contributed by atoms with Crippen molar-refractivity contribution in [2.24, 2.45) is 5.73 Å². The van der Waals surface area contributed by atoms with Crippen molar-refractivity contribution in [3.05, 3.63) is 17.8 Å². The first kappa shape index (κ1) is 8.91. The molecule has 3 fully saturated rings. The standard InChI is InChI=1S/C10H12N2O3/c1-14-7(13)6-2-15-8(12-6)9-3-10(11,4-9)5-9/h2H,3-5,11H2,1H3. The van der Waals surface area contributed by atoms with Gasteiger partial charge in [0, 0.05) is 5.54 Å². The Morgan fingerprint density at radius 1 is 1.60 bits per heavy atom. The number of esters is 1. The van der Waals surface area contributed by atoms with E-state index in [0.717, 1.165) is 19.3 Å². The Labute approximate surface area is 86.6 Å². The quantitative estimate of drug-likeness (QED) is 0.720. The van der Waals surface area contributed by atoms with Crippen molar-refractivity contribution in [3.8, 4) is 0 Å². The highest BCUT2D eigenvalue weighted by molar-refractivity contribution is 5.86. The first-order valence-corrected chi connectivity index (χ1v) is 4.90. The summed E-state index contributed by atoms with van der Waals surface area (Å²) in [5.41, 5.74) is 6.21. The summed E-state index contributed by atoms with van der Waals surface area (Å²) in [5, 5.41) is 0. The molecule has 80 valence electrons. The molecule has 1 heterocycles. The lowest BCUT2D eigenvalue weighted by molar-refractivity contribution is -0.0766. The second-order valence-corrected chi connectivity index (χ2v) is 4.70. The van der Waals surface area contributed by atoms with E-state index in [1.807, 2.05) is 0 Å². The zero-order chi connectivity index (χ0) is 10.7. The molecule has 3 saturated carbocycles. The van der Waals surface area contributed by atoms with Crippen LogP contribution < -0.4 is 5.73 Å². The van der Waals surface area contributed by atoms with Crippen LogP contribution in [0.25, 0.3) is 0 Å². The summed E-state index contributed by atoms with van der Waals surface area (Å²) in [6, 6.07) is 0. The van der Waals surface area contributed by atoms with Crippen LogP contribution in [-0.4, -0.2) is 23.6 Å². The Morgan fingerprint density at radius 2 is 2.27 bits per heavy atom. The number of rotatable bonds is 2. The minimum Gasteiger partial charge on any atom is -0.464 e. The highest BCUT2D eigenvalue weighted by Crippen LogP contribution is 2.66. The van der Waals surface area contributed by atoms with Gasteiger partial charge in [0.2, 0.25) is 5.89 Å². The summed E-state index contributed by atoms with van der Waals surface area (Å²) in [7, 11) is 1.33. The molecule has 0 aromatic carbocycles. The van der Waals surface area contributed by atoms with Gasteiger partial charge in [0.1, 0.15) is 6.26 Å². The zero-order valence-corrected chi connectivity index (χ0v) is 8.45. The fourth-order valence-electron chi connectivity index (χ4n) is 2.81. The number of hydrogen-bond acceptors (Lipinski definition) is 5. The first-order valence-electron chi connectivity index (χ1n) is 4.90. The van der Waals surface area contributed by atoms with Crippen LogP contribution in [-0.2, 0) is 10.2 Å². The number of nitrogens with two attached hydrogens (primary N) is 1. The summed E-state index contributed by atoms with van der Waals surface area (Å²) in [6.45, 7) is 0. The van der Waals surface area contributed by atoms with Crippen molar-refractivity contribution < 1.29 is 13.9 Å². The molecule has 0 saturated heterocycles. The van der Waals surface area contributed by atoms with Crippen LogP contribution in [0.3, 0.4) is 0 Å². The number of aromatic nitrogens is 1. The van der Waals surface area contributed by atoms with Crippen molar-refractivity contribution >= 4 is 5.97 Å². The molecular weight excluding hydrogens is 196 g/mol. The van der Waals surface area contributed by atoms with Gasteiger partial charge < -0.3 is 14.9 Å². The molecule has 0 aliphatic heterocycles. The number of ether oxygens (including phenoxy) is 1. The van der Waals surface area contributed by atoms with Crippen LogP contribution in [0, 0.1) is 0 Å². The fourth-order valence-corrected chi connectivity index (χ4v) is 2.81. The Morgan fingerprint density at radius 3 is 2.80 bits per heavy atom. The maximum Gasteiger partial charge on any atom is 0.360 e. The average Bonchev–Trinajstić information content (AvgIpc) is 2.59. The Bertz CT molecular complexity index is 418. The summed E-state index contributed by atoms with van der Waals surface area (Å²) >= 11 is 0. The molecule has 3 aliphatic rings. The van der Waals surface area contributed by atoms with Crippen molar-refractivity contribution in [2.75, 3.05) is 7.11 Å². The average molecular weight is 208 g/mol. The third kappa shape index (κ3) is 1.01. The lowest BCUT2D eigenvalue weighted by atomic mass is 9.40. The van der Waals surface area contributed by atoms with Gasteiger partial charge in [-0.05, 0) is 19.3 Å². The topological polar surface area (TPSA) is 78.3 Å². The van der Waals surface area contributed by atoms with Crippen LogP contribution in [0.5, 0.6) is 0 Å². The van der Waals surface area contributed by atoms with E-state index in [1.165, 1.54) is 13.4 Å². The highest BCUT2D eigenvalue weighted by atomic mass is 16.5. The molecule has 0 atom stereocenters. The SMILES string of the molecule is COC(=O)c1coc(C23CC(N)(C2)C3)n1. The Hall–Kier alpha value is -1.36. The van der Waals surface area contributed by atoms with E-state index in [-0.39, 0.29) is 16.6 Å². The van der Waals surface area contributed by atoms with E-state index in [0.29, 0.717) is 5.89 Å². The lowest BCUT2D eigenvalue weighted by Gasteiger charge is -2.67. The van der Waals surface area contributed by atoms with Crippen LogP contribution in [0.1, 0.15) is 35.6 Å². The molecule has 5 heteroatoms. The molecule has 0 spiro atoms. The van der Waals surface area contributed by atoms with Crippen LogP contribution in [0.4, 0.5) is 0 Å². The predicted octanol–water partition coefficient (Wildman–Crippen LogP) is 0.594. The van der Waals surface area contributed by atoms with E-state index >= 15 is 0 Å². The maximum atomic E-state index is 11.2. The predicted molar refractivity (Wildman–Crippen MR) is 50.3 cm³/mol. The number of oxazole rings is 1. The Kier molecular flexibility index (Phi) is 1.43. The summed E-state index contributed by atoms with van der Waals surface area (Å²) in [5.74, 6) is 0.175. The molecule has 0 amide bonds. The van der Waals surface area contributed by atoms with Crippen LogP contribution >= 0.6 is 0 Å². The van der Waals surface area contributed by atoms with Crippen molar-refractivity contribution in [1.29, 1.82) is 0 Å². The molecule has 1 aromatic heterocycles. The van der Waals surface area contributed by atoms with E-state index in [1.54, 1.807) is 0 Å². The number of carbonyl (C=O) groups excluding carboxylic acids is 1. The molecular formula is C10H12N2O3. The monoisotopic (exact) mass is 208 g/mol. The molecule has 1 aromatic rings. The number of nitrogens with zero attached hydrogens (tertiary/aromatic N) is 1. The molecule has 0 radical (unpaired) electrons. The van der Waals surface area contributed by atoms with Gasteiger partial charge in [-0.1, -0.05) is 0 Å². The summed E-state index contributed by atoms with van der Waals surface area (Å²) < 4.78 is 9.87. The molecule has 4 rings (SSSR count). The molecule has 15 heavy (non-hydrogen) atoms. The molecule has 2 N–H and O–H groups in total. The van der Waals surface area contributed by atoms with Gasteiger partial charge in [0.25, 0.3) is 0 Å². The van der Waals surface area contributed by atoms with E-state index in [2.05, 4.69) is 9.72 Å². The van der Waals surface area contributed by atoms with Crippen LogP contribution in [0.15, 0.2) is 10.7 Å². The van der Waals surface area contributed by atoms with Gasteiger partial charge in [-0.15, -0.1) is 0 Å². The minimum absolute atomic E-state index is 0.0138. The zero-order valence-electron chi connectivity index (χ0n) is 8.45. The second kappa shape index (κ2) is 2.41. The van der Waals surface area contributed by atoms with Crippen molar-refractivity contribution in [1.82, 2.24) is 4.98 Å². The largest absolute Gasteiger partial charge is 0.464 e. The van der Waals surface area contributed by atoms with Crippen molar-refractivity contribution in [3.63, 3.8) is 0 Å². The first-order chi connectivity index (χ1) is 7.07. The molecule has 0 unspecified atom stereocenters. The Balaban J connectivity index is 1.83. The van der Waals surface area contributed by atoms with E-state index < -0.39 is 5.97 Å². The highest BCUT2D eigenvalue weighted by Gasteiger charge is 2.69. The van der Waals surface area contributed by atoms with Gasteiger partial charge in [-0.3, -0.25) is 0 Å². The normalized spacial score (nSPS) is 36.7. The third-order valence-corrected chi connectivity index (χ3v) is 3.42. The van der Waals surface area contributed by atoms with E-state index in [9.17, 15) is 4.79 Å². The number of carbonyl (C=O) groups is 1. The van der Waals surface area contributed by atoms with Gasteiger partial charge in [0.15, 0.2) is 5.69 Å². The van der Waals surface area contributed by atoms with Gasteiger partial charge in [-0.25, -0.2) is 9.78 Å². The lowest BCUT2D eigenvalue weighted by Crippen LogP contribution is -2.74. The molecule has 3 aliphatic carbocycles. The fraction of sp³-hybridized carbons (Fsp3) is 0.600. The molecule has 2 bridgehead atoms. The summed E-state index contributed by atoms with van der Waals surface area (Å²) in [6.07, 6.45) is 4.11. The smallest absolute Gasteiger partial charge is 0.360 e.